The van der Waals surface area contributed by atoms with Crippen LogP contribution in [0.2, 0.25) is 0 Å². The normalized spacial score (nSPS) is 10.1. The highest BCUT2D eigenvalue weighted by atomic mass is 15.1. The number of hydrogen-bond acceptors (Lipinski definition) is 4. The number of aromatic nitrogens is 2. The molecule has 0 aliphatic rings. The minimum atomic E-state index is 0.300. The second-order valence-electron chi connectivity index (χ2n) is 3.74. The van der Waals surface area contributed by atoms with Gasteiger partial charge in [0.2, 0.25) is 5.95 Å². The van der Waals surface area contributed by atoms with Crippen LogP contribution in [-0.4, -0.2) is 24.1 Å². The van der Waals surface area contributed by atoms with Crippen LogP contribution in [0, 0.1) is 0 Å². The first kappa shape index (κ1) is 10.4. The van der Waals surface area contributed by atoms with Gasteiger partial charge in [-0.15, -0.1) is 0 Å². The average Bonchev–Trinajstić information content (AvgIpc) is 2.29. The lowest BCUT2D eigenvalue weighted by Gasteiger charge is -2.12. The molecule has 4 nitrogen and oxygen atoms in total. The SMILES string of the molecule is CN(C)c1ccc(-c2ccnc(N)n2)cc1. The standard InChI is InChI=1S/C12H14N4/c1-16(2)10-5-3-9(4-6-10)11-7-8-14-12(13)15-11/h3-8H,1-2H3,(H2,13,14,15). The van der Waals surface area contributed by atoms with E-state index in [1.54, 1.807) is 6.20 Å². The first-order chi connectivity index (χ1) is 7.66. The molecule has 16 heavy (non-hydrogen) atoms. The van der Waals surface area contributed by atoms with E-state index >= 15 is 0 Å². The lowest BCUT2D eigenvalue weighted by atomic mass is 10.1. The smallest absolute Gasteiger partial charge is 0.220 e. The molecule has 0 amide bonds. The van der Waals surface area contributed by atoms with E-state index in [1.807, 2.05) is 44.4 Å². The van der Waals surface area contributed by atoms with E-state index < -0.39 is 0 Å². The first-order valence-electron chi connectivity index (χ1n) is 5.03. The van der Waals surface area contributed by atoms with Gasteiger partial charge in [0.05, 0.1) is 5.69 Å². The quantitative estimate of drug-likeness (QED) is 0.828. The molecule has 4 heteroatoms. The monoisotopic (exact) mass is 214 g/mol. The molecule has 82 valence electrons. The number of benzene rings is 1. The van der Waals surface area contributed by atoms with Crippen molar-refractivity contribution < 1.29 is 0 Å². The van der Waals surface area contributed by atoms with Crippen molar-refractivity contribution in [3.8, 4) is 11.3 Å². The van der Waals surface area contributed by atoms with Crippen LogP contribution in [0.15, 0.2) is 36.5 Å². The molecular formula is C12H14N4. The highest BCUT2D eigenvalue weighted by Gasteiger charge is 2.01. The summed E-state index contributed by atoms with van der Waals surface area (Å²) in [4.78, 5) is 10.1. The van der Waals surface area contributed by atoms with Crippen LogP contribution in [0.25, 0.3) is 11.3 Å². The van der Waals surface area contributed by atoms with E-state index in [0.717, 1.165) is 16.9 Å². The number of hydrogen-bond donors (Lipinski definition) is 1. The zero-order valence-corrected chi connectivity index (χ0v) is 9.38. The first-order valence-corrected chi connectivity index (χ1v) is 5.03. The molecule has 0 atom stereocenters. The summed E-state index contributed by atoms with van der Waals surface area (Å²) in [6.45, 7) is 0. The van der Waals surface area contributed by atoms with Crippen LogP contribution >= 0.6 is 0 Å². The largest absolute Gasteiger partial charge is 0.378 e. The van der Waals surface area contributed by atoms with Crippen molar-refractivity contribution in [3.05, 3.63) is 36.5 Å². The van der Waals surface area contributed by atoms with Crippen molar-refractivity contribution >= 4 is 11.6 Å². The fraction of sp³-hybridized carbons (Fsp3) is 0.167. The number of nitrogens with zero attached hydrogens (tertiary/aromatic N) is 3. The third kappa shape index (κ3) is 2.11. The molecule has 0 bridgehead atoms. The molecule has 0 saturated carbocycles. The Bertz CT molecular complexity index is 477. The Morgan fingerprint density at radius 3 is 2.31 bits per heavy atom. The van der Waals surface area contributed by atoms with E-state index in [0.29, 0.717) is 5.95 Å². The van der Waals surface area contributed by atoms with Crippen molar-refractivity contribution in [3.63, 3.8) is 0 Å². The van der Waals surface area contributed by atoms with Gasteiger partial charge in [0.25, 0.3) is 0 Å². The Hall–Kier alpha value is -2.10. The second-order valence-corrected chi connectivity index (χ2v) is 3.74. The van der Waals surface area contributed by atoms with Gasteiger partial charge in [-0.1, -0.05) is 12.1 Å². The minimum absolute atomic E-state index is 0.300. The Morgan fingerprint density at radius 2 is 1.75 bits per heavy atom. The lowest BCUT2D eigenvalue weighted by Crippen LogP contribution is -2.07. The van der Waals surface area contributed by atoms with Gasteiger partial charge >= 0.3 is 0 Å². The van der Waals surface area contributed by atoms with Crippen LogP contribution < -0.4 is 10.6 Å². The molecule has 2 rings (SSSR count). The third-order valence-electron chi connectivity index (χ3n) is 2.35. The fourth-order valence-corrected chi connectivity index (χ4v) is 1.46. The highest BCUT2D eigenvalue weighted by Crippen LogP contribution is 2.20. The number of nitrogens with two attached hydrogens (primary N) is 1. The molecule has 0 aliphatic carbocycles. The van der Waals surface area contributed by atoms with Crippen LogP contribution in [0.3, 0.4) is 0 Å². The summed E-state index contributed by atoms with van der Waals surface area (Å²) in [5, 5.41) is 0. The van der Waals surface area contributed by atoms with Crippen molar-refractivity contribution in [1.29, 1.82) is 0 Å². The Kier molecular flexibility index (Phi) is 2.72. The highest BCUT2D eigenvalue weighted by molar-refractivity contribution is 5.63. The van der Waals surface area contributed by atoms with Crippen LogP contribution in [0.1, 0.15) is 0 Å². The Labute approximate surface area is 94.8 Å². The predicted molar refractivity (Wildman–Crippen MR) is 66.2 cm³/mol. The predicted octanol–water partition coefficient (Wildman–Crippen LogP) is 1.79. The van der Waals surface area contributed by atoms with Gasteiger partial charge in [0, 0.05) is 31.5 Å². The van der Waals surface area contributed by atoms with E-state index in [1.165, 1.54) is 0 Å². The molecular weight excluding hydrogens is 200 g/mol. The van der Waals surface area contributed by atoms with E-state index in [2.05, 4.69) is 14.9 Å². The Balaban J connectivity index is 2.35. The van der Waals surface area contributed by atoms with Crippen molar-refractivity contribution in [2.75, 3.05) is 24.7 Å². The second kappa shape index (κ2) is 4.18. The van der Waals surface area contributed by atoms with Gasteiger partial charge in [-0.3, -0.25) is 0 Å². The summed E-state index contributed by atoms with van der Waals surface area (Å²) >= 11 is 0. The molecule has 2 aromatic rings. The molecule has 1 heterocycles. The van der Waals surface area contributed by atoms with Gasteiger partial charge in [-0.2, -0.15) is 0 Å². The third-order valence-corrected chi connectivity index (χ3v) is 2.35. The molecule has 1 aromatic carbocycles. The van der Waals surface area contributed by atoms with Crippen molar-refractivity contribution in [2.24, 2.45) is 0 Å². The van der Waals surface area contributed by atoms with Crippen LogP contribution in [0.4, 0.5) is 11.6 Å². The summed E-state index contributed by atoms with van der Waals surface area (Å²) in [7, 11) is 4.02. The molecule has 0 saturated heterocycles. The van der Waals surface area contributed by atoms with Crippen LogP contribution in [0.5, 0.6) is 0 Å². The number of anilines is 2. The van der Waals surface area contributed by atoms with Crippen molar-refractivity contribution in [2.45, 2.75) is 0 Å². The number of rotatable bonds is 2. The average molecular weight is 214 g/mol. The van der Waals surface area contributed by atoms with E-state index in [9.17, 15) is 0 Å². The maximum absolute atomic E-state index is 5.54. The summed E-state index contributed by atoms with van der Waals surface area (Å²) in [6, 6.07) is 10.00. The Morgan fingerprint density at radius 1 is 1.06 bits per heavy atom. The van der Waals surface area contributed by atoms with Crippen molar-refractivity contribution in [1.82, 2.24) is 9.97 Å². The van der Waals surface area contributed by atoms with Gasteiger partial charge in [-0.25, -0.2) is 9.97 Å². The molecule has 0 fully saturated rings. The zero-order valence-electron chi connectivity index (χ0n) is 9.38. The van der Waals surface area contributed by atoms with E-state index in [-0.39, 0.29) is 0 Å². The summed E-state index contributed by atoms with van der Waals surface area (Å²) in [5.41, 5.74) is 8.59. The van der Waals surface area contributed by atoms with Gasteiger partial charge < -0.3 is 10.6 Å². The lowest BCUT2D eigenvalue weighted by molar-refractivity contribution is 1.13. The van der Waals surface area contributed by atoms with Gasteiger partial charge in [0.15, 0.2) is 0 Å². The van der Waals surface area contributed by atoms with Crippen LogP contribution in [-0.2, 0) is 0 Å². The molecule has 0 spiro atoms. The molecule has 0 aliphatic heterocycles. The summed E-state index contributed by atoms with van der Waals surface area (Å²) < 4.78 is 0. The van der Waals surface area contributed by atoms with Gasteiger partial charge in [-0.05, 0) is 18.2 Å². The maximum Gasteiger partial charge on any atom is 0.220 e. The topological polar surface area (TPSA) is 55.0 Å². The number of nitrogen functional groups attached to an aromatic ring is 1. The molecule has 0 radical (unpaired) electrons. The minimum Gasteiger partial charge on any atom is -0.378 e. The molecule has 0 unspecified atom stereocenters. The fourth-order valence-electron chi connectivity index (χ4n) is 1.46. The van der Waals surface area contributed by atoms with Gasteiger partial charge in [0.1, 0.15) is 0 Å². The molecule has 2 N–H and O–H groups in total. The maximum atomic E-state index is 5.54. The summed E-state index contributed by atoms with van der Waals surface area (Å²) in [6.07, 6.45) is 1.66. The summed E-state index contributed by atoms with van der Waals surface area (Å²) in [5.74, 6) is 0.300. The van der Waals surface area contributed by atoms with E-state index in [4.69, 9.17) is 5.73 Å². The zero-order chi connectivity index (χ0) is 11.5. The molecule has 1 aromatic heterocycles.